The molecule has 0 bridgehead atoms. The second-order valence-corrected chi connectivity index (χ2v) is 4.52. The Morgan fingerprint density at radius 2 is 1.95 bits per heavy atom. The Morgan fingerprint density at radius 1 is 1.26 bits per heavy atom. The molecule has 0 unspecified atom stereocenters. The fourth-order valence-corrected chi connectivity index (χ4v) is 1.23. The largest absolute Gasteiger partial charge is 0.383 e. The minimum Gasteiger partial charge on any atom is -0.383 e. The number of carbonyl (C=O) groups excluding carboxylic acids is 1. The van der Waals surface area contributed by atoms with Gasteiger partial charge in [0.25, 0.3) is 5.95 Å². The first-order valence-corrected chi connectivity index (χ1v) is 5.83. The number of allylic oxidation sites excluding steroid dienone is 1. The van der Waals surface area contributed by atoms with Crippen molar-refractivity contribution in [2.45, 2.75) is 6.92 Å². The van der Waals surface area contributed by atoms with Crippen LogP contribution in [0.3, 0.4) is 0 Å². The maximum Gasteiger partial charge on any atom is 0.250 e. The number of ketones is 1. The zero-order valence-corrected chi connectivity index (χ0v) is 12.0. The van der Waals surface area contributed by atoms with Crippen LogP contribution in [0.25, 0.3) is 0 Å². The molecule has 1 aromatic rings. The number of carbonyl (C=O) groups is 1. The van der Waals surface area contributed by atoms with Gasteiger partial charge < -0.3 is 9.80 Å². The zero-order chi connectivity index (χ0) is 14.4. The Hall–Kier alpha value is -2.24. The lowest BCUT2D eigenvalue weighted by Crippen LogP contribution is -2.08. The number of rotatable bonds is 5. The second-order valence-electron chi connectivity index (χ2n) is 4.52. The van der Waals surface area contributed by atoms with Gasteiger partial charge in [-0.3, -0.25) is 4.79 Å². The number of aliphatic imine (C=N–C) groups is 1. The molecule has 6 heteroatoms. The first kappa shape index (κ1) is 14.8. The number of hydrogen-bond acceptors (Lipinski definition) is 5. The zero-order valence-electron chi connectivity index (χ0n) is 12.0. The van der Waals surface area contributed by atoms with Gasteiger partial charge in [0.2, 0.25) is 0 Å². The normalized spacial score (nSPS) is 11.2. The molecule has 0 amide bonds. The van der Waals surface area contributed by atoms with Crippen molar-refractivity contribution in [2.75, 3.05) is 28.2 Å². The molecule has 0 aliphatic carbocycles. The minimum absolute atomic E-state index is 0.116. The summed E-state index contributed by atoms with van der Waals surface area (Å²) in [4.78, 5) is 27.8. The number of aromatic nitrogens is 2. The molecular formula is C13H19N5O. The third kappa shape index (κ3) is 4.87. The average Bonchev–Trinajstić information content (AvgIpc) is 2.33. The van der Waals surface area contributed by atoms with Gasteiger partial charge in [0, 0.05) is 46.7 Å². The summed E-state index contributed by atoms with van der Waals surface area (Å²) in [7, 11) is 7.43. The lowest BCUT2D eigenvalue weighted by atomic mass is 10.1. The molecule has 0 saturated heterocycles. The number of aryl methyl sites for hydroxylation is 1. The minimum atomic E-state index is -0.116. The van der Waals surface area contributed by atoms with E-state index >= 15 is 0 Å². The smallest absolute Gasteiger partial charge is 0.250 e. The second kappa shape index (κ2) is 6.63. The Morgan fingerprint density at radius 3 is 2.47 bits per heavy atom. The third-order valence-electron chi connectivity index (χ3n) is 2.16. The molecule has 0 spiro atoms. The Bertz CT molecular complexity index is 506. The first-order chi connectivity index (χ1) is 8.90. The summed E-state index contributed by atoms with van der Waals surface area (Å²) in [5.41, 5.74) is 1.11. The van der Waals surface area contributed by atoms with Gasteiger partial charge in [0.05, 0.1) is 17.6 Å². The summed E-state index contributed by atoms with van der Waals surface area (Å²) < 4.78 is 0. The van der Waals surface area contributed by atoms with E-state index in [-0.39, 0.29) is 5.78 Å². The molecule has 1 rings (SSSR count). The molecule has 19 heavy (non-hydrogen) atoms. The van der Waals surface area contributed by atoms with Crippen LogP contribution in [0.4, 0.5) is 5.95 Å². The Labute approximate surface area is 113 Å². The van der Waals surface area contributed by atoms with E-state index in [0.29, 0.717) is 17.2 Å². The molecule has 0 aliphatic rings. The highest BCUT2D eigenvalue weighted by atomic mass is 16.1. The highest BCUT2D eigenvalue weighted by Gasteiger charge is 2.08. The molecular weight excluding hydrogens is 242 g/mol. The van der Waals surface area contributed by atoms with E-state index in [2.05, 4.69) is 15.0 Å². The van der Waals surface area contributed by atoms with Crippen LogP contribution >= 0.6 is 0 Å². The van der Waals surface area contributed by atoms with Crippen molar-refractivity contribution in [3.05, 3.63) is 29.7 Å². The number of nitrogens with zero attached hydrogens (tertiary/aromatic N) is 5. The third-order valence-corrected chi connectivity index (χ3v) is 2.16. The topological polar surface area (TPSA) is 61.7 Å². The van der Waals surface area contributed by atoms with Crippen LogP contribution in [0.1, 0.15) is 16.1 Å². The SMILES string of the molecule is Cc1nc(/N=C/N(C)C)ncc1C(=O)/C=C/N(C)C. The van der Waals surface area contributed by atoms with Crippen molar-refractivity contribution < 1.29 is 4.79 Å². The van der Waals surface area contributed by atoms with E-state index in [1.165, 1.54) is 12.3 Å². The summed E-state index contributed by atoms with van der Waals surface area (Å²) >= 11 is 0. The monoisotopic (exact) mass is 261 g/mol. The van der Waals surface area contributed by atoms with Crippen molar-refractivity contribution >= 4 is 18.1 Å². The summed E-state index contributed by atoms with van der Waals surface area (Å²) in [5, 5.41) is 0. The van der Waals surface area contributed by atoms with Crippen LogP contribution in [-0.4, -0.2) is 60.1 Å². The molecule has 102 valence electrons. The lowest BCUT2D eigenvalue weighted by molar-refractivity contribution is 0.104. The van der Waals surface area contributed by atoms with Gasteiger partial charge in [-0.15, -0.1) is 0 Å². The van der Waals surface area contributed by atoms with E-state index in [9.17, 15) is 4.79 Å². The summed E-state index contributed by atoms with van der Waals surface area (Å²) in [5.74, 6) is 0.230. The van der Waals surface area contributed by atoms with Gasteiger partial charge in [-0.1, -0.05) is 0 Å². The van der Waals surface area contributed by atoms with E-state index in [1.807, 2.05) is 28.2 Å². The number of hydrogen-bond donors (Lipinski definition) is 0. The van der Waals surface area contributed by atoms with E-state index in [4.69, 9.17) is 0 Å². The molecule has 1 aromatic heterocycles. The molecule has 1 heterocycles. The lowest BCUT2D eigenvalue weighted by Gasteiger charge is -2.05. The van der Waals surface area contributed by atoms with Gasteiger partial charge in [-0.2, -0.15) is 0 Å². The molecule has 0 atom stereocenters. The molecule has 0 aliphatic heterocycles. The Balaban J connectivity index is 2.91. The molecule has 0 N–H and O–H groups in total. The van der Waals surface area contributed by atoms with Crippen LogP contribution in [0.2, 0.25) is 0 Å². The van der Waals surface area contributed by atoms with Crippen LogP contribution in [0.5, 0.6) is 0 Å². The van der Waals surface area contributed by atoms with Crippen molar-refractivity contribution in [3.63, 3.8) is 0 Å². The highest BCUT2D eigenvalue weighted by Crippen LogP contribution is 2.10. The fourth-order valence-electron chi connectivity index (χ4n) is 1.23. The van der Waals surface area contributed by atoms with E-state index < -0.39 is 0 Å². The van der Waals surface area contributed by atoms with Crippen LogP contribution in [0, 0.1) is 6.92 Å². The molecule has 6 nitrogen and oxygen atoms in total. The van der Waals surface area contributed by atoms with Gasteiger partial charge >= 0.3 is 0 Å². The highest BCUT2D eigenvalue weighted by molar-refractivity contribution is 6.05. The fraction of sp³-hybridized carbons (Fsp3) is 0.385. The predicted molar refractivity (Wildman–Crippen MR) is 75.8 cm³/mol. The summed E-state index contributed by atoms with van der Waals surface area (Å²) in [6.45, 7) is 1.77. The van der Waals surface area contributed by atoms with Crippen molar-refractivity contribution in [1.82, 2.24) is 19.8 Å². The van der Waals surface area contributed by atoms with Gasteiger partial charge in [0.1, 0.15) is 0 Å². The summed E-state index contributed by atoms with van der Waals surface area (Å²) in [6.07, 6.45) is 6.31. The predicted octanol–water partition coefficient (Wildman–Crippen LogP) is 1.26. The van der Waals surface area contributed by atoms with E-state index in [1.54, 1.807) is 29.3 Å². The maximum atomic E-state index is 11.9. The molecule has 0 radical (unpaired) electrons. The van der Waals surface area contributed by atoms with Gasteiger partial charge in [0.15, 0.2) is 5.78 Å². The molecule has 0 saturated carbocycles. The van der Waals surface area contributed by atoms with Crippen molar-refractivity contribution in [2.24, 2.45) is 4.99 Å². The van der Waals surface area contributed by atoms with Crippen molar-refractivity contribution in [3.8, 4) is 0 Å². The Kier molecular flexibility index (Phi) is 5.17. The summed E-state index contributed by atoms with van der Waals surface area (Å²) in [6, 6.07) is 0. The quantitative estimate of drug-likeness (QED) is 0.346. The first-order valence-electron chi connectivity index (χ1n) is 5.83. The van der Waals surface area contributed by atoms with Crippen molar-refractivity contribution in [1.29, 1.82) is 0 Å². The van der Waals surface area contributed by atoms with Crippen LogP contribution < -0.4 is 0 Å². The molecule has 0 fully saturated rings. The maximum absolute atomic E-state index is 11.9. The molecule has 0 aromatic carbocycles. The van der Waals surface area contributed by atoms with Crippen LogP contribution in [-0.2, 0) is 0 Å². The van der Waals surface area contributed by atoms with Gasteiger partial charge in [-0.25, -0.2) is 15.0 Å². The standard InChI is InChI=1S/C13H19N5O/c1-10-11(12(19)6-7-17(2)3)8-14-13(16-10)15-9-18(4)5/h6-9H,1-5H3/b7-6+,15-9+. The van der Waals surface area contributed by atoms with E-state index in [0.717, 1.165) is 0 Å². The average molecular weight is 261 g/mol. The van der Waals surface area contributed by atoms with Gasteiger partial charge in [-0.05, 0) is 6.92 Å². The van der Waals surface area contributed by atoms with Crippen LogP contribution in [0.15, 0.2) is 23.5 Å².